The zero-order valence-electron chi connectivity index (χ0n) is 26.1. The fraction of sp³-hybridized carbons (Fsp3) is 0.595. The van der Waals surface area contributed by atoms with Crippen molar-refractivity contribution in [3.63, 3.8) is 0 Å². The minimum atomic E-state index is -0.920. The summed E-state index contributed by atoms with van der Waals surface area (Å²) in [5, 5.41) is 10.3. The van der Waals surface area contributed by atoms with Crippen LogP contribution in [-0.4, -0.2) is 16.7 Å². The molecule has 4 rings (SSSR count). The average molecular weight is 561 g/mol. The Labute approximate surface area is 247 Å². The van der Waals surface area contributed by atoms with Crippen molar-refractivity contribution < 1.29 is 19.1 Å². The Morgan fingerprint density at radius 1 is 0.829 bits per heavy atom. The van der Waals surface area contributed by atoms with Gasteiger partial charge in [-0.05, 0) is 75.8 Å². The Bertz CT molecular complexity index is 1270. The van der Waals surface area contributed by atoms with Gasteiger partial charge in [0.15, 0.2) is 0 Å². The lowest BCUT2D eigenvalue weighted by molar-refractivity contribution is 0.0530. The van der Waals surface area contributed by atoms with Gasteiger partial charge in [0.2, 0.25) is 0 Å². The van der Waals surface area contributed by atoms with Crippen molar-refractivity contribution in [1.29, 1.82) is 0 Å². The van der Waals surface area contributed by atoms with Crippen molar-refractivity contribution in [3.05, 3.63) is 52.6 Å². The van der Waals surface area contributed by atoms with Crippen molar-refractivity contribution in [2.45, 2.75) is 142 Å². The summed E-state index contributed by atoms with van der Waals surface area (Å²) in [6.07, 6.45) is 22.5. The maximum Gasteiger partial charge on any atom is 0.335 e. The van der Waals surface area contributed by atoms with Crippen molar-refractivity contribution in [1.82, 2.24) is 0 Å². The van der Waals surface area contributed by atoms with Gasteiger partial charge in [-0.25, -0.2) is 4.79 Å². The molecule has 0 saturated carbocycles. The van der Waals surface area contributed by atoms with Gasteiger partial charge in [-0.2, -0.15) is 0 Å². The van der Waals surface area contributed by atoms with Crippen LogP contribution in [0.2, 0.25) is 0 Å². The Morgan fingerprint density at radius 2 is 1.39 bits per heavy atom. The Kier molecular flexibility index (Phi) is 11.4. The van der Waals surface area contributed by atoms with Crippen molar-refractivity contribution in [2.24, 2.45) is 0 Å². The molecule has 0 saturated heterocycles. The highest BCUT2D eigenvalue weighted by atomic mass is 16.5. The molecule has 0 fully saturated rings. The van der Waals surface area contributed by atoms with Crippen LogP contribution in [0.15, 0.2) is 34.7 Å². The van der Waals surface area contributed by atoms with Crippen molar-refractivity contribution in [3.8, 4) is 17.1 Å². The van der Waals surface area contributed by atoms with E-state index in [9.17, 15) is 9.90 Å². The molecule has 41 heavy (non-hydrogen) atoms. The number of ether oxygens (including phenoxy) is 1. The fourth-order valence-electron chi connectivity index (χ4n) is 6.45. The normalized spacial score (nSPS) is 16.6. The van der Waals surface area contributed by atoms with E-state index in [0.29, 0.717) is 0 Å². The van der Waals surface area contributed by atoms with E-state index >= 15 is 0 Å². The second-order valence-corrected chi connectivity index (χ2v) is 12.7. The topological polar surface area (TPSA) is 59.7 Å². The number of unbranched alkanes of at least 4 members (excludes halogenated alkanes) is 13. The number of fused-ring (bicyclic) bond motifs is 3. The largest absolute Gasteiger partial charge is 0.487 e. The molecule has 0 radical (unpaired) electrons. The number of hydrogen-bond donors (Lipinski definition) is 1. The number of rotatable bonds is 17. The van der Waals surface area contributed by atoms with Gasteiger partial charge >= 0.3 is 5.97 Å². The van der Waals surface area contributed by atoms with Crippen LogP contribution in [0.4, 0.5) is 0 Å². The van der Waals surface area contributed by atoms with Crippen LogP contribution in [0.5, 0.6) is 5.75 Å². The summed E-state index contributed by atoms with van der Waals surface area (Å²) in [5.41, 5.74) is 5.50. The second kappa shape index (κ2) is 14.9. The fourth-order valence-corrected chi connectivity index (χ4v) is 6.45. The molecule has 0 bridgehead atoms. The summed E-state index contributed by atoms with van der Waals surface area (Å²) < 4.78 is 13.1. The molecule has 1 aromatic heterocycles. The van der Waals surface area contributed by atoms with Crippen molar-refractivity contribution >= 4 is 16.9 Å². The summed E-state index contributed by atoms with van der Waals surface area (Å²) in [5.74, 6) is 0.891. The lowest BCUT2D eigenvalue weighted by Crippen LogP contribution is -2.36. The third kappa shape index (κ3) is 8.17. The molecule has 4 nitrogen and oxygen atoms in total. The molecule has 0 aliphatic carbocycles. The summed E-state index contributed by atoms with van der Waals surface area (Å²) in [4.78, 5) is 11.2. The third-order valence-electron chi connectivity index (χ3n) is 9.30. The highest BCUT2D eigenvalue weighted by Crippen LogP contribution is 2.45. The van der Waals surface area contributed by atoms with Crippen LogP contribution < -0.4 is 4.74 Å². The van der Waals surface area contributed by atoms with Crippen LogP contribution in [0.25, 0.3) is 22.3 Å². The van der Waals surface area contributed by atoms with Gasteiger partial charge < -0.3 is 14.3 Å². The first-order chi connectivity index (χ1) is 19.8. The molecular formula is C37H52O4. The predicted octanol–water partition coefficient (Wildman–Crippen LogP) is 11.4. The molecular weight excluding hydrogens is 508 g/mol. The third-order valence-corrected chi connectivity index (χ3v) is 9.30. The first kappa shape index (κ1) is 31.2. The average Bonchev–Trinajstić information content (AvgIpc) is 3.42. The molecule has 0 amide bonds. The number of aryl methyl sites for hydroxylation is 2. The maximum atomic E-state index is 11.2. The first-order valence-corrected chi connectivity index (χ1v) is 16.4. The van der Waals surface area contributed by atoms with Gasteiger partial charge in [-0.1, -0.05) is 103 Å². The molecule has 1 aliphatic heterocycles. The van der Waals surface area contributed by atoms with Crippen LogP contribution in [0.3, 0.4) is 0 Å². The number of benzene rings is 2. The smallest absolute Gasteiger partial charge is 0.335 e. The second-order valence-electron chi connectivity index (χ2n) is 12.7. The van der Waals surface area contributed by atoms with Gasteiger partial charge in [0, 0.05) is 16.5 Å². The van der Waals surface area contributed by atoms with E-state index in [2.05, 4.69) is 33.8 Å². The number of carboxylic acid groups (broad SMARTS) is 1. The maximum absolute atomic E-state index is 11.2. The molecule has 1 unspecified atom stereocenters. The summed E-state index contributed by atoms with van der Waals surface area (Å²) in [6.45, 7) is 8.84. The molecule has 2 heterocycles. The van der Waals surface area contributed by atoms with Crippen LogP contribution in [-0.2, 0) is 6.42 Å². The highest BCUT2D eigenvalue weighted by molar-refractivity contribution is 5.92. The quantitative estimate of drug-likeness (QED) is 0.167. The van der Waals surface area contributed by atoms with Gasteiger partial charge in [0.1, 0.15) is 22.7 Å². The van der Waals surface area contributed by atoms with Gasteiger partial charge in [-0.3, -0.25) is 0 Å². The van der Waals surface area contributed by atoms with E-state index in [1.165, 1.54) is 101 Å². The van der Waals surface area contributed by atoms with Crippen LogP contribution in [0.1, 0.15) is 144 Å². The van der Waals surface area contributed by atoms with Gasteiger partial charge in [0.25, 0.3) is 0 Å². The lowest BCUT2D eigenvalue weighted by Gasteiger charge is -2.37. The van der Waals surface area contributed by atoms with Crippen LogP contribution in [0, 0.1) is 13.8 Å². The van der Waals surface area contributed by atoms with E-state index in [1.807, 2.05) is 12.1 Å². The minimum absolute atomic E-state index is 0.117. The molecule has 4 heteroatoms. The standard InChI is InChI=1S/C37H52O4/c1-5-6-7-8-9-10-11-12-13-14-15-16-17-18-24-37(4)25-23-31-32-26-33(29-19-21-30(22-20-29)36(38)39)40-34(32)27(2)28(3)35(31)41-37/h19-22,26H,5-18,23-25H2,1-4H3,(H,38,39). The van der Waals surface area contributed by atoms with E-state index in [0.717, 1.165) is 52.9 Å². The summed E-state index contributed by atoms with van der Waals surface area (Å²) in [7, 11) is 0. The van der Waals surface area contributed by atoms with Crippen molar-refractivity contribution in [2.75, 3.05) is 0 Å². The molecule has 2 aromatic carbocycles. The lowest BCUT2D eigenvalue weighted by atomic mass is 9.85. The molecule has 1 atom stereocenters. The molecule has 224 valence electrons. The van der Waals surface area contributed by atoms with E-state index in [1.54, 1.807) is 12.1 Å². The number of hydrogen-bond acceptors (Lipinski definition) is 3. The van der Waals surface area contributed by atoms with Gasteiger partial charge in [0.05, 0.1) is 5.56 Å². The molecule has 0 spiro atoms. The Hall–Kier alpha value is -2.75. The predicted molar refractivity (Wildman–Crippen MR) is 170 cm³/mol. The van der Waals surface area contributed by atoms with E-state index < -0.39 is 5.97 Å². The number of aromatic carboxylic acids is 1. The first-order valence-electron chi connectivity index (χ1n) is 16.4. The summed E-state index contributed by atoms with van der Waals surface area (Å²) >= 11 is 0. The van der Waals surface area contributed by atoms with E-state index in [4.69, 9.17) is 9.15 Å². The van der Waals surface area contributed by atoms with E-state index in [-0.39, 0.29) is 11.2 Å². The monoisotopic (exact) mass is 560 g/mol. The zero-order valence-corrected chi connectivity index (χ0v) is 26.1. The highest BCUT2D eigenvalue weighted by Gasteiger charge is 2.34. The Balaban J connectivity index is 1.25. The minimum Gasteiger partial charge on any atom is -0.487 e. The zero-order chi connectivity index (χ0) is 29.2. The Morgan fingerprint density at radius 3 is 1.95 bits per heavy atom. The van der Waals surface area contributed by atoms with Gasteiger partial charge in [-0.15, -0.1) is 0 Å². The SMILES string of the molecule is CCCCCCCCCCCCCCCCC1(C)CCc2c(c(C)c(C)c3oc(-c4ccc(C(=O)O)cc4)cc23)O1. The molecule has 1 N–H and O–H groups in total. The molecule has 3 aromatic rings. The molecule has 1 aliphatic rings. The number of carbonyl (C=O) groups is 1. The number of carboxylic acids is 1. The number of furan rings is 1. The summed E-state index contributed by atoms with van der Waals surface area (Å²) in [6, 6.07) is 9.00. The van der Waals surface area contributed by atoms with Crippen LogP contribution >= 0.6 is 0 Å².